The van der Waals surface area contributed by atoms with Crippen molar-refractivity contribution in [2.45, 2.75) is 13.8 Å². The molecule has 1 saturated carbocycles. The first-order valence-electron chi connectivity index (χ1n) is 7.15. The van der Waals surface area contributed by atoms with Gasteiger partial charge in [-0.1, -0.05) is 37.0 Å². The first kappa shape index (κ1) is 16.1. The van der Waals surface area contributed by atoms with Crippen LogP contribution in [-0.2, 0) is 4.79 Å². The van der Waals surface area contributed by atoms with Gasteiger partial charge < -0.3 is 9.47 Å². The number of nitrogens with zero attached hydrogens (tertiary/aromatic N) is 1. The molecule has 5 nitrogen and oxygen atoms in total. The minimum absolute atomic E-state index is 0.0215. The van der Waals surface area contributed by atoms with Crippen molar-refractivity contribution in [3.8, 4) is 11.5 Å². The van der Waals surface area contributed by atoms with Gasteiger partial charge in [0.25, 0.3) is 0 Å². The zero-order valence-electron chi connectivity index (χ0n) is 12.7. The number of fused-ring (bicyclic) bond motifs is 1. The van der Waals surface area contributed by atoms with Crippen molar-refractivity contribution < 1.29 is 14.3 Å². The third kappa shape index (κ3) is 3.31. The normalized spacial score (nSPS) is 23.7. The molecule has 1 aliphatic heterocycles. The molecule has 1 aromatic carbocycles. The summed E-state index contributed by atoms with van der Waals surface area (Å²) in [5, 5.41) is 4.00. The molecule has 1 amide bonds. The fourth-order valence-corrected chi connectivity index (χ4v) is 3.13. The molecule has 1 heterocycles. The Balaban J connectivity index is 1.60. The van der Waals surface area contributed by atoms with Crippen molar-refractivity contribution in [3.05, 3.63) is 34.3 Å². The first-order valence-corrected chi connectivity index (χ1v) is 7.90. The molecule has 122 valence electrons. The van der Waals surface area contributed by atoms with E-state index in [-0.39, 0.29) is 34.4 Å². The number of halogens is 2. The van der Waals surface area contributed by atoms with Crippen molar-refractivity contribution in [2.24, 2.45) is 22.4 Å². The lowest BCUT2D eigenvalue weighted by atomic mass is 10.1. The third-order valence-corrected chi connectivity index (χ3v) is 4.54. The maximum atomic E-state index is 12.2. The summed E-state index contributed by atoms with van der Waals surface area (Å²) in [6, 6.07) is 5.44. The van der Waals surface area contributed by atoms with Crippen molar-refractivity contribution >= 4 is 35.3 Å². The summed E-state index contributed by atoms with van der Waals surface area (Å²) in [5.41, 5.74) is 3.20. The highest BCUT2D eigenvalue weighted by Gasteiger charge is 2.60. The number of allylic oxidation sites excluding steroid dienone is 1. The predicted octanol–water partition coefficient (Wildman–Crippen LogP) is 3.46. The zero-order chi connectivity index (χ0) is 16.6. The summed E-state index contributed by atoms with van der Waals surface area (Å²) in [6.45, 7) is 4.22. The molecular formula is C16H16Cl2N2O3. The van der Waals surface area contributed by atoms with E-state index in [4.69, 9.17) is 32.7 Å². The van der Waals surface area contributed by atoms with E-state index < -0.39 is 0 Å². The monoisotopic (exact) mass is 354 g/mol. The maximum Gasteiger partial charge on any atom is 0.244 e. The van der Waals surface area contributed by atoms with Gasteiger partial charge in [-0.25, -0.2) is 5.43 Å². The van der Waals surface area contributed by atoms with Crippen LogP contribution in [0.2, 0.25) is 0 Å². The van der Waals surface area contributed by atoms with Crippen LogP contribution in [0.3, 0.4) is 0 Å². The van der Waals surface area contributed by atoms with Crippen molar-refractivity contribution in [3.63, 3.8) is 0 Å². The Bertz CT molecular complexity index is 697. The Morgan fingerprint density at radius 2 is 2.09 bits per heavy atom. The lowest BCUT2D eigenvalue weighted by Crippen LogP contribution is -2.21. The van der Waals surface area contributed by atoms with Crippen LogP contribution in [0.4, 0.5) is 0 Å². The van der Waals surface area contributed by atoms with Gasteiger partial charge in [-0.3, -0.25) is 4.79 Å². The van der Waals surface area contributed by atoms with Crippen molar-refractivity contribution in [1.29, 1.82) is 0 Å². The Morgan fingerprint density at radius 1 is 1.35 bits per heavy atom. The molecular weight excluding hydrogens is 339 g/mol. The fraction of sp³-hybridized carbons (Fsp3) is 0.375. The molecule has 0 spiro atoms. The van der Waals surface area contributed by atoms with Gasteiger partial charge in [-0.15, -0.1) is 0 Å². The van der Waals surface area contributed by atoms with Crippen LogP contribution in [-0.4, -0.2) is 18.9 Å². The van der Waals surface area contributed by atoms with Crippen molar-refractivity contribution in [1.82, 2.24) is 5.43 Å². The van der Waals surface area contributed by atoms with Gasteiger partial charge >= 0.3 is 0 Å². The number of carbonyl (C=O) groups excluding carboxylic acids is 1. The predicted molar refractivity (Wildman–Crippen MR) is 88.9 cm³/mol. The van der Waals surface area contributed by atoms with Gasteiger partial charge in [0.1, 0.15) is 4.49 Å². The Hall–Kier alpha value is -1.72. The van der Waals surface area contributed by atoms with Crippen LogP contribution in [0.25, 0.3) is 0 Å². The number of nitrogens with one attached hydrogen (secondary N) is 1. The highest BCUT2D eigenvalue weighted by molar-refractivity contribution is 6.55. The van der Waals surface area contributed by atoms with E-state index in [0.717, 1.165) is 5.56 Å². The van der Waals surface area contributed by atoms with Crippen LogP contribution in [0, 0.1) is 17.3 Å². The number of hydrogen-bond donors (Lipinski definition) is 1. The summed E-state index contributed by atoms with van der Waals surface area (Å²) >= 11 is 11.4. The second kappa shape index (κ2) is 6.06. The number of carbonyl (C=O) groups is 1. The third-order valence-electron chi connectivity index (χ3n) is 4.28. The second-order valence-electron chi connectivity index (χ2n) is 6.13. The van der Waals surface area contributed by atoms with E-state index in [0.29, 0.717) is 11.5 Å². The van der Waals surface area contributed by atoms with Gasteiger partial charge in [0.15, 0.2) is 11.5 Å². The molecule has 3 rings (SSSR count). The summed E-state index contributed by atoms with van der Waals surface area (Å²) in [7, 11) is 0. The van der Waals surface area contributed by atoms with Gasteiger partial charge in [0.2, 0.25) is 12.7 Å². The summed E-state index contributed by atoms with van der Waals surface area (Å²) in [5.74, 6) is 1.06. The fourth-order valence-electron chi connectivity index (χ4n) is 2.86. The molecule has 0 bridgehead atoms. The van der Waals surface area contributed by atoms with E-state index in [1.807, 2.05) is 19.9 Å². The highest BCUT2D eigenvalue weighted by atomic mass is 35.5. The number of hydrazone groups is 1. The molecule has 23 heavy (non-hydrogen) atoms. The summed E-state index contributed by atoms with van der Waals surface area (Å²) < 4.78 is 10.7. The van der Waals surface area contributed by atoms with E-state index in [9.17, 15) is 4.79 Å². The smallest absolute Gasteiger partial charge is 0.244 e. The minimum atomic E-state index is -0.191. The van der Waals surface area contributed by atoms with Gasteiger partial charge in [0.05, 0.1) is 12.1 Å². The van der Waals surface area contributed by atoms with Crippen LogP contribution in [0.5, 0.6) is 11.5 Å². The number of ether oxygens (including phenoxy) is 2. The second-order valence-corrected chi connectivity index (χ2v) is 7.14. The van der Waals surface area contributed by atoms with Gasteiger partial charge in [-0.05, 0) is 41.2 Å². The largest absolute Gasteiger partial charge is 0.454 e. The molecule has 7 heteroatoms. The number of rotatable bonds is 4. The van der Waals surface area contributed by atoms with E-state index in [1.165, 1.54) is 0 Å². The van der Waals surface area contributed by atoms with E-state index in [2.05, 4.69) is 10.5 Å². The van der Waals surface area contributed by atoms with E-state index >= 15 is 0 Å². The Kier molecular flexibility index (Phi) is 4.25. The average molecular weight is 355 g/mol. The minimum Gasteiger partial charge on any atom is -0.454 e. The topological polar surface area (TPSA) is 59.9 Å². The van der Waals surface area contributed by atoms with Crippen LogP contribution >= 0.6 is 23.2 Å². The zero-order valence-corrected chi connectivity index (χ0v) is 14.2. The molecule has 1 fully saturated rings. The molecule has 0 unspecified atom stereocenters. The molecule has 2 aliphatic rings. The summed E-state index contributed by atoms with van der Waals surface area (Å²) in [4.78, 5) is 12.2. The van der Waals surface area contributed by atoms with Gasteiger partial charge in [-0.2, -0.15) is 5.10 Å². The van der Waals surface area contributed by atoms with Gasteiger partial charge in [0, 0.05) is 0 Å². The van der Waals surface area contributed by atoms with Crippen molar-refractivity contribution in [2.75, 3.05) is 6.79 Å². The molecule has 2 atom stereocenters. The standard InChI is InChI=1S/C16H16Cl2N2O3/c1-16(2)10(6-13(17)18)14(16)15(21)20-19-7-9-3-4-11-12(5-9)23-8-22-11/h3-7,10,14H,8H2,1-2H3,(H,20,21)/t10-,14+/m0/s1. The quantitative estimate of drug-likeness (QED) is 0.665. The molecule has 1 N–H and O–H groups in total. The molecule has 1 aromatic rings. The number of amides is 1. The average Bonchev–Trinajstić information content (AvgIpc) is 2.85. The van der Waals surface area contributed by atoms with Crippen LogP contribution < -0.4 is 14.9 Å². The number of hydrogen-bond acceptors (Lipinski definition) is 4. The van der Waals surface area contributed by atoms with Crippen LogP contribution in [0.15, 0.2) is 33.9 Å². The highest BCUT2D eigenvalue weighted by Crippen LogP contribution is 2.59. The lowest BCUT2D eigenvalue weighted by molar-refractivity contribution is -0.123. The molecule has 0 saturated heterocycles. The summed E-state index contributed by atoms with van der Waals surface area (Å²) in [6.07, 6.45) is 3.27. The Morgan fingerprint density at radius 3 is 2.83 bits per heavy atom. The first-order chi connectivity index (χ1) is 10.9. The lowest BCUT2D eigenvalue weighted by Gasteiger charge is -2.01. The molecule has 1 aliphatic carbocycles. The molecule has 0 aromatic heterocycles. The number of benzene rings is 1. The van der Waals surface area contributed by atoms with Crippen LogP contribution in [0.1, 0.15) is 19.4 Å². The molecule has 0 radical (unpaired) electrons. The van der Waals surface area contributed by atoms with E-state index in [1.54, 1.807) is 24.4 Å². The maximum absolute atomic E-state index is 12.2. The SMILES string of the molecule is CC1(C)[C@@H](C=C(Cl)Cl)[C@@H]1C(=O)NN=Cc1ccc2c(c1)OCO2. The Labute approximate surface area is 144 Å².